The van der Waals surface area contributed by atoms with Crippen LogP contribution in [0.3, 0.4) is 0 Å². The Morgan fingerprint density at radius 2 is 1.86 bits per heavy atom. The van der Waals surface area contributed by atoms with Gasteiger partial charge in [-0.3, -0.25) is 14.9 Å². The highest BCUT2D eigenvalue weighted by Crippen LogP contribution is 2.45. The summed E-state index contributed by atoms with van der Waals surface area (Å²) in [6, 6.07) is 15.1. The molecule has 8 nitrogen and oxygen atoms in total. The maximum absolute atomic E-state index is 12.2. The second kappa shape index (κ2) is 6.41. The SMILES string of the molecule is N#CC1(C(=O)Nc2ccc(-c3cccc4nc(NC(=O)C5CC5)nn34)cc2)CC1. The third-order valence-electron chi connectivity index (χ3n) is 5.38. The van der Waals surface area contributed by atoms with Crippen molar-refractivity contribution in [2.75, 3.05) is 10.6 Å². The van der Waals surface area contributed by atoms with E-state index < -0.39 is 5.41 Å². The van der Waals surface area contributed by atoms with E-state index in [0.717, 1.165) is 24.1 Å². The van der Waals surface area contributed by atoms with E-state index in [4.69, 9.17) is 5.26 Å². The van der Waals surface area contributed by atoms with Gasteiger partial charge in [-0.25, -0.2) is 4.52 Å². The molecule has 0 saturated heterocycles. The molecule has 2 N–H and O–H groups in total. The topological polar surface area (TPSA) is 112 Å². The number of carbonyl (C=O) groups is 2. The first-order chi connectivity index (χ1) is 14.1. The van der Waals surface area contributed by atoms with Gasteiger partial charge in [-0.15, -0.1) is 5.10 Å². The van der Waals surface area contributed by atoms with Crippen LogP contribution < -0.4 is 10.6 Å². The van der Waals surface area contributed by atoms with E-state index in [-0.39, 0.29) is 17.7 Å². The van der Waals surface area contributed by atoms with Gasteiger partial charge in [0.05, 0.1) is 11.8 Å². The number of aromatic nitrogens is 3. The lowest BCUT2D eigenvalue weighted by Crippen LogP contribution is -2.22. The Morgan fingerprint density at radius 3 is 2.52 bits per heavy atom. The number of pyridine rings is 1. The number of fused-ring (bicyclic) bond motifs is 1. The molecule has 2 fully saturated rings. The Balaban J connectivity index is 1.38. The zero-order valence-electron chi connectivity index (χ0n) is 15.6. The maximum Gasteiger partial charge on any atom is 0.249 e. The fourth-order valence-corrected chi connectivity index (χ4v) is 3.22. The van der Waals surface area contributed by atoms with Crippen LogP contribution in [-0.4, -0.2) is 26.4 Å². The van der Waals surface area contributed by atoms with E-state index >= 15 is 0 Å². The van der Waals surface area contributed by atoms with E-state index in [9.17, 15) is 9.59 Å². The molecule has 2 amide bonds. The molecule has 0 radical (unpaired) electrons. The van der Waals surface area contributed by atoms with Crippen LogP contribution in [0.1, 0.15) is 25.7 Å². The van der Waals surface area contributed by atoms with E-state index in [1.165, 1.54) is 0 Å². The van der Waals surface area contributed by atoms with Crippen molar-refractivity contribution in [3.05, 3.63) is 42.5 Å². The molecule has 8 heteroatoms. The number of amides is 2. The third-order valence-corrected chi connectivity index (χ3v) is 5.38. The lowest BCUT2D eigenvalue weighted by atomic mass is 10.1. The number of carbonyl (C=O) groups excluding carboxylic acids is 2. The van der Waals surface area contributed by atoms with Gasteiger partial charge in [0.2, 0.25) is 17.8 Å². The van der Waals surface area contributed by atoms with Gasteiger partial charge >= 0.3 is 0 Å². The fourth-order valence-electron chi connectivity index (χ4n) is 3.22. The second-order valence-corrected chi connectivity index (χ2v) is 7.61. The number of nitrogens with one attached hydrogen (secondary N) is 2. The van der Waals surface area contributed by atoms with Gasteiger partial charge in [-0.05, 0) is 49.9 Å². The van der Waals surface area contributed by atoms with Gasteiger partial charge in [-0.2, -0.15) is 10.2 Å². The molecule has 5 rings (SSSR count). The molecule has 144 valence electrons. The highest BCUT2D eigenvalue weighted by molar-refractivity contribution is 5.99. The molecule has 2 aliphatic rings. The van der Waals surface area contributed by atoms with E-state index in [1.54, 1.807) is 16.6 Å². The molecule has 29 heavy (non-hydrogen) atoms. The number of benzene rings is 1. The van der Waals surface area contributed by atoms with Crippen LogP contribution in [-0.2, 0) is 9.59 Å². The largest absolute Gasteiger partial charge is 0.325 e. The maximum atomic E-state index is 12.2. The van der Waals surface area contributed by atoms with Gasteiger partial charge in [-0.1, -0.05) is 18.2 Å². The summed E-state index contributed by atoms with van der Waals surface area (Å²) in [7, 11) is 0. The van der Waals surface area contributed by atoms with Gasteiger partial charge in [0.1, 0.15) is 5.41 Å². The normalized spacial score (nSPS) is 16.8. The predicted molar refractivity (Wildman–Crippen MR) is 106 cm³/mol. The number of rotatable bonds is 5. The molecule has 0 unspecified atom stereocenters. The molecule has 2 aromatic heterocycles. The summed E-state index contributed by atoms with van der Waals surface area (Å²) in [6.45, 7) is 0. The highest BCUT2D eigenvalue weighted by atomic mass is 16.2. The van der Waals surface area contributed by atoms with Crippen molar-refractivity contribution in [3.8, 4) is 17.3 Å². The van der Waals surface area contributed by atoms with Crippen LogP contribution in [0, 0.1) is 22.7 Å². The van der Waals surface area contributed by atoms with Crippen molar-refractivity contribution in [1.82, 2.24) is 14.6 Å². The molecule has 1 aromatic carbocycles. The van der Waals surface area contributed by atoms with E-state index in [1.807, 2.05) is 30.3 Å². The van der Waals surface area contributed by atoms with Gasteiger partial charge < -0.3 is 5.32 Å². The smallest absolute Gasteiger partial charge is 0.249 e. The molecule has 2 aliphatic carbocycles. The summed E-state index contributed by atoms with van der Waals surface area (Å²) in [5.41, 5.74) is 2.13. The zero-order valence-corrected chi connectivity index (χ0v) is 15.6. The van der Waals surface area contributed by atoms with Crippen molar-refractivity contribution in [2.24, 2.45) is 11.3 Å². The number of hydrogen-bond acceptors (Lipinski definition) is 5. The molecule has 3 aromatic rings. The number of nitriles is 1. The van der Waals surface area contributed by atoms with Crippen molar-refractivity contribution >= 4 is 29.1 Å². The first-order valence-electron chi connectivity index (χ1n) is 9.58. The van der Waals surface area contributed by atoms with Crippen LogP contribution in [0.15, 0.2) is 42.5 Å². The molecule has 0 atom stereocenters. The van der Waals surface area contributed by atoms with Crippen LogP contribution in [0.25, 0.3) is 16.9 Å². The molecule has 0 spiro atoms. The van der Waals surface area contributed by atoms with Crippen molar-refractivity contribution in [3.63, 3.8) is 0 Å². The minimum Gasteiger partial charge on any atom is -0.325 e. The van der Waals surface area contributed by atoms with Crippen molar-refractivity contribution in [1.29, 1.82) is 5.26 Å². The molecule has 0 bridgehead atoms. The van der Waals surface area contributed by atoms with Crippen molar-refractivity contribution < 1.29 is 9.59 Å². The summed E-state index contributed by atoms with van der Waals surface area (Å²) < 4.78 is 1.69. The summed E-state index contributed by atoms with van der Waals surface area (Å²) in [4.78, 5) is 28.6. The Morgan fingerprint density at radius 1 is 1.10 bits per heavy atom. The average molecular weight is 386 g/mol. The molecule has 2 heterocycles. The number of nitrogens with zero attached hydrogens (tertiary/aromatic N) is 4. The zero-order chi connectivity index (χ0) is 20.0. The fraction of sp³-hybridized carbons (Fsp3) is 0.286. The first-order valence-corrected chi connectivity index (χ1v) is 9.58. The average Bonchev–Trinajstić information content (AvgIpc) is 3.64. The lowest BCUT2D eigenvalue weighted by molar-refractivity contribution is -0.119. The van der Waals surface area contributed by atoms with Crippen LogP contribution in [0.2, 0.25) is 0 Å². The van der Waals surface area contributed by atoms with Gasteiger partial charge in [0, 0.05) is 17.2 Å². The standard InChI is InChI=1S/C21H18N6O2/c22-12-21(10-11-21)19(29)23-15-8-6-13(7-9-15)16-2-1-3-17-24-20(26-27(16)17)25-18(28)14-4-5-14/h1-3,6-9,14H,4-5,10-11H2,(H,23,29)(H,25,26,28). The van der Waals surface area contributed by atoms with Crippen molar-refractivity contribution in [2.45, 2.75) is 25.7 Å². The molecule has 2 saturated carbocycles. The molecule has 0 aliphatic heterocycles. The summed E-state index contributed by atoms with van der Waals surface area (Å²) in [5, 5.41) is 19.1. The molecular formula is C21H18N6O2. The first kappa shape index (κ1) is 17.4. The monoisotopic (exact) mass is 386 g/mol. The second-order valence-electron chi connectivity index (χ2n) is 7.61. The summed E-state index contributed by atoms with van der Waals surface area (Å²) in [6.07, 6.45) is 3.06. The predicted octanol–water partition coefficient (Wildman–Crippen LogP) is 2.99. The lowest BCUT2D eigenvalue weighted by Gasteiger charge is -2.09. The van der Waals surface area contributed by atoms with Gasteiger partial charge in [0.25, 0.3) is 0 Å². The Labute approximate surface area is 166 Å². The van der Waals surface area contributed by atoms with E-state index in [2.05, 4.69) is 26.8 Å². The number of hydrogen-bond donors (Lipinski definition) is 2. The minimum atomic E-state index is -0.855. The van der Waals surface area contributed by atoms with Crippen LogP contribution in [0.5, 0.6) is 0 Å². The third kappa shape index (κ3) is 3.21. The minimum absolute atomic E-state index is 0.0339. The van der Waals surface area contributed by atoms with Crippen LogP contribution in [0.4, 0.5) is 11.6 Å². The van der Waals surface area contributed by atoms with Gasteiger partial charge in [0.15, 0.2) is 5.65 Å². The summed E-state index contributed by atoms with van der Waals surface area (Å²) in [5.74, 6) is 0.0969. The Kier molecular flexibility index (Phi) is 3.84. The van der Waals surface area contributed by atoms with E-state index in [0.29, 0.717) is 30.1 Å². The quantitative estimate of drug-likeness (QED) is 0.700. The summed E-state index contributed by atoms with van der Waals surface area (Å²) >= 11 is 0. The molecular weight excluding hydrogens is 368 g/mol. The van der Waals surface area contributed by atoms with Crippen LogP contribution >= 0.6 is 0 Å². The Hall–Kier alpha value is -3.73. The Bertz CT molecular complexity index is 1170. The highest BCUT2D eigenvalue weighted by Gasteiger charge is 2.50. The number of anilines is 2.